The van der Waals surface area contributed by atoms with Crippen LogP contribution >= 0.6 is 0 Å². The fourth-order valence-corrected chi connectivity index (χ4v) is 7.12. The molecule has 4 rings (SSSR count). The standard InChI is InChI=1S/C29H33NO4S/c1-7-24-16-30(35(33,34)25-10-8-18(2)9-11-25)17-26(23-12-19(3)27(31)20(4)13-23)29(24)14-21(5)28(32)22(6)15-29/h7-15,24,26,31H,1,16-17H2,2-6H3/t24-,26-/m0/s1. The quantitative estimate of drug-likeness (QED) is 0.584. The van der Waals surface area contributed by atoms with E-state index in [4.69, 9.17) is 0 Å². The summed E-state index contributed by atoms with van der Waals surface area (Å²) in [5.41, 5.74) is 4.09. The van der Waals surface area contributed by atoms with E-state index in [1.165, 1.54) is 0 Å². The van der Waals surface area contributed by atoms with Crippen molar-refractivity contribution in [3.63, 3.8) is 0 Å². The van der Waals surface area contributed by atoms with Crippen molar-refractivity contribution in [3.05, 3.63) is 94.6 Å². The van der Waals surface area contributed by atoms with Crippen LogP contribution in [0.15, 0.2) is 77.2 Å². The number of sulfonamides is 1. The van der Waals surface area contributed by atoms with Crippen molar-refractivity contribution in [2.24, 2.45) is 11.3 Å². The van der Waals surface area contributed by atoms with Crippen LogP contribution in [-0.4, -0.2) is 36.7 Å². The molecule has 0 bridgehead atoms. The number of piperidine rings is 1. The highest BCUT2D eigenvalue weighted by molar-refractivity contribution is 7.89. The third kappa shape index (κ3) is 4.19. The number of Topliss-reactive ketones (excluding diaryl/α,β-unsaturated/α-hetero) is 1. The van der Waals surface area contributed by atoms with Gasteiger partial charge in [-0.1, -0.05) is 48.1 Å². The molecule has 6 heteroatoms. The van der Waals surface area contributed by atoms with E-state index >= 15 is 0 Å². The molecule has 1 heterocycles. The van der Waals surface area contributed by atoms with Gasteiger partial charge in [0, 0.05) is 30.3 Å². The second-order valence-corrected chi connectivity index (χ2v) is 12.0. The molecule has 1 N–H and O–H groups in total. The molecule has 0 unspecified atom stereocenters. The van der Waals surface area contributed by atoms with E-state index in [0.29, 0.717) is 11.1 Å². The van der Waals surface area contributed by atoms with Crippen LogP contribution in [0.3, 0.4) is 0 Å². The predicted octanol–water partition coefficient (Wildman–Crippen LogP) is 5.37. The zero-order valence-corrected chi connectivity index (χ0v) is 21.8. The second-order valence-electron chi connectivity index (χ2n) is 10.0. The van der Waals surface area contributed by atoms with Crippen LogP contribution in [0.1, 0.15) is 42.0 Å². The molecule has 0 aromatic heterocycles. The number of hydrogen-bond donors (Lipinski definition) is 1. The molecule has 1 aliphatic carbocycles. The molecular formula is C29H33NO4S. The average molecular weight is 492 g/mol. The van der Waals surface area contributed by atoms with Gasteiger partial charge in [0.1, 0.15) is 5.75 Å². The third-order valence-corrected chi connectivity index (χ3v) is 9.39. The molecule has 2 aromatic carbocycles. The number of hydrogen-bond acceptors (Lipinski definition) is 4. The maximum absolute atomic E-state index is 13.7. The van der Waals surface area contributed by atoms with E-state index in [2.05, 4.69) is 6.58 Å². The number of benzene rings is 2. The lowest BCUT2D eigenvalue weighted by Gasteiger charge is -2.50. The smallest absolute Gasteiger partial charge is 0.243 e. The molecule has 1 spiro atoms. The first-order valence-corrected chi connectivity index (χ1v) is 13.3. The summed E-state index contributed by atoms with van der Waals surface area (Å²) in [6.07, 6.45) is 5.83. The fraction of sp³-hybridized carbons (Fsp3) is 0.345. The Kier molecular flexibility index (Phi) is 6.41. The van der Waals surface area contributed by atoms with Crippen LogP contribution < -0.4 is 0 Å². The molecule has 1 aliphatic heterocycles. The number of aryl methyl sites for hydroxylation is 3. The van der Waals surface area contributed by atoms with Gasteiger partial charge in [-0.25, -0.2) is 8.42 Å². The number of carbonyl (C=O) groups is 1. The Labute approximate surface area is 208 Å². The third-order valence-electron chi connectivity index (χ3n) is 7.54. The summed E-state index contributed by atoms with van der Waals surface area (Å²) < 4.78 is 29.0. The molecule has 35 heavy (non-hydrogen) atoms. The number of carbonyl (C=O) groups excluding carboxylic acids is 1. The van der Waals surface area contributed by atoms with Crippen molar-refractivity contribution >= 4 is 15.8 Å². The van der Waals surface area contributed by atoms with E-state index in [9.17, 15) is 18.3 Å². The number of phenolic OH excluding ortho intramolecular Hbond substituents is 1. The number of nitrogens with zero attached hydrogens (tertiary/aromatic N) is 1. The molecule has 2 atom stereocenters. The lowest BCUT2D eigenvalue weighted by atomic mass is 9.59. The van der Waals surface area contributed by atoms with Crippen LogP contribution in [0.2, 0.25) is 0 Å². The first kappa shape index (κ1) is 25.1. The van der Waals surface area contributed by atoms with Crippen LogP contribution in [0.5, 0.6) is 5.75 Å². The predicted molar refractivity (Wildman–Crippen MR) is 139 cm³/mol. The number of ketones is 1. The zero-order valence-electron chi connectivity index (χ0n) is 21.0. The van der Waals surface area contributed by atoms with E-state index in [0.717, 1.165) is 22.3 Å². The van der Waals surface area contributed by atoms with Gasteiger partial charge in [-0.15, -0.1) is 6.58 Å². The highest BCUT2D eigenvalue weighted by atomic mass is 32.2. The van der Waals surface area contributed by atoms with Gasteiger partial charge in [0.15, 0.2) is 5.78 Å². The van der Waals surface area contributed by atoms with E-state index in [1.54, 1.807) is 28.6 Å². The Balaban J connectivity index is 1.92. The van der Waals surface area contributed by atoms with E-state index < -0.39 is 15.4 Å². The molecule has 0 amide bonds. The summed E-state index contributed by atoms with van der Waals surface area (Å²) in [4.78, 5) is 12.9. The molecule has 1 fully saturated rings. The van der Waals surface area contributed by atoms with Gasteiger partial charge in [0.2, 0.25) is 10.0 Å². The summed E-state index contributed by atoms with van der Waals surface area (Å²) in [6.45, 7) is 13.8. The highest BCUT2D eigenvalue weighted by Gasteiger charge is 2.51. The van der Waals surface area contributed by atoms with Gasteiger partial charge in [0.25, 0.3) is 0 Å². The van der Waals surface area contributed by atoms with Gasteiger partial charge in [-0.3, -0.25) is 4.79 Å². The summed E-state index contributed by atoms with van der Waals surface area (Å²) in [5, 5.41) is 10.4. The van der Waals surface area contributed by atoms with Gasteiger partial charge < -0.3 is 5.11 Å². The Morgan fingerprint density at radius 3 is 2.03 bits per heavy atom. The molecular weight excluding hydrogens is 458 g/mol. The van der Waals surface area contributed by atoms with Crippen molar-refractivity contribution in [1.29, 1.82) is 0 Å². The van der Waals surface area contributed by atoms with Gasteiger partial charge >= 0.3 is 0 Å². The summed E-state index contributed by atoms with van der Waals surface area (Å²) in [6, 6.07) is 10.8. The topological polar surface area (TPSA) is 74.7 Å². The number of aromatic hydroxyl groups is 1. The molecule has 0 radical (unpaired) electrons. The molecule has 1 saturated heterocycles. The van der Waals surface area contributed by atoms with E-state index in [-0.39, 0.29) is 41.4 Å². The number of phenols is 1. The van der Waals surface area contributed by atoms with Crippen molar-refractivity contribution in [2.75, 3.05) is 13.1 Å². The van der Waals surface area contributed by atoms with Gasteiger partial charge in [-0.2, -0.15) is 4.31 Å². The lowest BCUT2D eigenvalue weighted by Crippen LogP contribution is -2.53. The number of allylic oxidation sites excluding steroid dienone is 4. The monoisotopic (exact) mass is 491 g/mol. The average Bonchev–Trinajstić information content (AvgIpc) is 2.81. The number of rotatable bonds is 4. The summed E-state index contributed by atoms with van der Waals surface area (Å²) >= 11 is 0. The minimum absolute atomic E-state index is 0.00459. The molecule has 5 nitrogen and oxygen atoms in total. The van der Waals surface area contributed by atoms with Crippen molar-refractivity contribution in [1.82, 2.24) is 4.31 Å². The maximum Gasteiger partial charge on any atom is 0.243 e. The van der Waals surface area contributed by atoms with Crippen LogP contribution in [0.25, 0.3) is 0 Å². The first-order valence-electron chi connectivity index (χ1n) is 11.8. The van der Waals surface area contributed by atoms with E-state index in [1.807, 2.05) is 65.0 Å². The Morgan fingerprint density at radius 2 is 1.51 bits per heavy atom. The van der Waals surface area contributed by atoms with Crippen LogP contribution in [-0.2, 0) is 14.8 Å². The van der Waals surface area contributed by atoms with Crippen molar-refractivity contribution < 1.29 is 18.3 Å². The normalized spacial score (nSPS) is 22.6. The fourth-order valence-electron chi connectivity index (χ4n) is 5.64. The first-order chi connectivity index (χ1) is 16.4. The Bertz CT molecular complexity index is 1320. The zero-order chi connectivity index (χ0) is 25.7. The Morgan fingerprint density at radius 1 is 0.971 bits per heavy atom. The lowest BCUT2D eigenvalue weighted by molar-refractivity contribution is -0.112. The summed E-state index contributed by atoms with van der Waals surface area (Å²) in [5.74, 6) is -0.297. The molecule has 2 aliphatic rings. The van der Waals surface area contributed by atoms with Gasteiger partial charge in [-0.05, 0) is 74.6 Å². The van der Waals surface area contributed by atoms with Gasteiger partial charge in [0.05, 0.1) is 4.90 Å². The second kappa shape index (κ2) is 8.92. The van der Waals surface area contributed by atoms with Crippen LogP contribution in [0, 0.1) is 32.1 Å². The minimum Gasteiger partial charge on any atom is -0.507 e. The van der Waals surface area contributed by atoms with Crippen molar-refractivity contribution in [3.8, 4) is 5.75 Å². The molecule has 0 saturated carbocycles. The largest absolute Gasteiger partial charge is 0.507 e. The SMILES string of the molecule is C=C[C@H]1CN(S(=O)(=O)c2ccc(C)cc2)C[C@@H](c2cc(C)c(O)c(C)c2)C12C=C(C)C(=O)C(C)=C2. The summed E-state index contributed by atoms with van der Waals surface area (Å²) in [7, 11) is -3.76. The molecule has 184 valence electrons. The minimum atomic E-state index is -3.76. The van der Waals surface area contributed by atoms with Crippen LogP contribution in [0.4, 0.5) is 0 Å². The molecule has 2 aromatic rings. The Hall–Kier alpha value is -2.96. The van der Waals surface area contributed by atoms with Crippen molar-refractivity contribution in [2.45, 2.75) is 45.4 Å². The maximum atomic E-state index is 13.7. The highest BCUT2D eigenvalue weighted by Crippen LogP contribution is 2.53.